The fourth-order valence-electron chi connectivity index (χ4n) is 0.459. The first-order valence-corrected chi connectivity index (χ1v) is 3.63. The summed E-state index contributed by atoms with van der Waals surface area (Å²) >= 11 is 5.41. The van der Waals surface area contributed by atoms with E-state index >= 15 is 0 Å². The van der Waals surface area contributed by atoms with E-state index in [1.54, 1.807) is 6.92 Å². The number of ether oxygens (including phenoxy) is 1. The van der Waals surface area contributed by atoms with Gasteiger partial charge in [-0.2, -0.15) is 0 Å². The van der Waals surface area contributed by atoms with Crippen molar-refractivity contribution >= 4 is 28.5 Å². The highest BCUT2D eigenvalue weighted by Crippen LogP contribution is 1.99. The van der Waals surface area contributed by atoms with Gasteiger partial charge in [-0.25, -0.2) is 4.79 Å². The number of alkyl halides is 1. The molecule has 11 heavy (non-hydrogen) atoms. The first-order valence-electron chi connectivity index (χ1n) is 3.09. The number of esters is 1. The van der Waals surface area contributed by atoms with Crippen molar-refractivity contribution in [2.45, 2.75) is 19.4 Å². The molecule has 0 rings (SSSR count). The van der Waals surface area contributed by atoms with Crippen LogP contribution in [0, 0.1) is 0 Å². The molecular formula is C7H15ClO2Si. The minimum Gasteiger partial charge on any atom is -0.459 e. The minimum absolute atomic E-state index is 0. The largest absolute Gasteiger partial charge is 0.459 e. The molecular weight excluding hydrogens is 180 g/mol. The van der Waals surface area contributed by atoms with Crippen LogP contribution in [-0.2, 0) is 9.53 Å². The number of hydrogen-bond donors (Lipinski definition) is 0. The van der Waals surface area contributed by atoms with Gasteiger partial charge in [-0.1, -0.05) is 6.58 Å². The summed E-state index contributed by atoms with van der Waals surface area (Å²) in [5.74, 6) is 0.114. The predicted octanol–water partition coefficient (Wildman–Crippen LogP) is 0.281. The van der Waals surface area contributed by atoms with Crippen molar-refractivity contribution in [1.82, 2.24) is 0 Å². The third kappa shape index (κ3) is 7.62. The molecule has 0 heterocycles. The molecule has 0 radical (unpaired) electrons. The number of carbonyl (C=O) groups excluding carboxylic acids is 1. The Kier molecular flexibility index (Phi) is 9.47. The van der Waals surface area contributed by atoms with E-state index in [1.165, 1.54) is 0 Å². The van der Waals surface area contributed by atoms with Crippen LogP contribution in [0.3, 0.4) is 0 Å². The average Bonchev–Trinajstić information content (AvgIpc) is 1.88. The fraction of sp³-hybridized carbons (Fsp3) is 0.571. The molecule has 0 aliphatic rings. The lowest BCUT2D eigenvalue weighted by Gasteiger charge is -2.08. The van der Waals surface area contributed by atoms with E-state index in [0.29, 0.717) is 12.3 Å². The summed E-state index contributed by atoms with van der Waals surface area (Å²) in [6, 6.07) is 0. The Balaban J connectivity index is 0. The summed E-state index contributed by atoms with van der Waals surface area (Å²) < 4.78 is 4.80. The van der Waals surface area contributed by atoms with Crippen molar-refractivity contribution < 1.29 is 9.53 Å². The van der Waals surface area contributed by atoms with Gasteiger partial charge in [0.2, 0.25) is 0 Å². The van der Waals surface area contributed by atoms with Crippen LogP contribution in [0.15, 0.2) is 12.7 Å². The first-order chi connectivity index (χ1) is 4.70. The standard InChI is InChI=1S/C7H11ClO2.H4Si/c1-3-7(9)10-6(2)4-5-8;/h3,6H,1,4-5H2,2H3;1H4. The quantitative estimate of drug-likeness (QED) is 0.278. The van der Waals surface area contributed by atoms with E-state index in [1.807, 2.05) is 0 Å². The molecule has 0 saturated carbocycles. The van der Waals surface area contributed by atoms with E-state index in [2.05, 4.69) is 6.58 Å². The van der Waals surface area contributed by atoms with Crippen molar-refractivity contribution in [3.8, 4) is 0 Å². The summed E-state index contributed by atoms with van der Waals surface area (Å²) in [6.45, 7) is 5.06. The van der Waals surface area contributed by atoms with Crippen LogP contribution in [-0.4, -0.2) is 28.9 Å². The van der Waals surface area contributed by atoms with Crippen LogP contribution >= 0.6 is 11.6 Å². The lowest BCUT2D eigenvalue weighted by molar-refractivity contribution is -0.142. The zero-order valence-electron chi connectivity index (χ0n) is 5.97. The molecule has 0 aliphatic carbocycles. The van der Waals surface area contributed by atoms with E-state index in [4.69, 9.17) is 16.3 Å². The normalized spacial score (nSPS) is 11.1. The summed E-state index contributed by atoms with van der Waals surface area (Å²) in [7, 11) is 0. The fourth-order valence-corrected chi connectivity index (χ4v) is 0.766. The van der Waals surface area contributed by atoms with Crippen LogP contribution in [0.25, 0.3) is 0 Å². The van der Waals surface area contributed by atoms with Crippen molar-refractivity contribution in [1.29, 1.82) is 0 Å². The first kappa shape index (κ1) is 13.3. The predicted molar refractivity (Wildman–Crippen MR) is 52.4 cm³/mol. The Labute approximate surface area is 76.6 Å². The second-order valence-electron chi connectivity index (χ2n) is 1.93. The highest BCUT2D eigenvalue weighted by Gasteiger charge is 2.03. The number of carbonyl (C=O) groups is 1. The molecule has 4 heteroatoms. The third-order valence-electron chi connectivity index (χ3n) is 1.000. The molecule has 1 atom stereocenters. The van der Waals surface area contributed by atoms with Crippen LogP contribution in [0.4, 0.5) is 0 Å². The van der Waals surface area contributed by atoms with Crippen molar-refractivity contribution in [2.75, 3.05) is 5.88 Å². The van der Waals surface area contributed by atoms with Crippen LogP contribution in [0.1, 0.15) is 13.3 Å². The van der Waals surface area contributed by atoms with Crippen molar-refractivity contribution in [2.24, 2.45) is 0 Å². The zero-order valence-corrected chi connectivity index (χ0v) is 6.73. The Morgan fingerprint density at radius 1 is 1.82 bits per heavy atom. The van der Waals surface area contributed by atoms with Crippen LogP contribution in [0.5, 0.6) is 0 Å². The van der Waals surface area contributed by atoms with Gasteiger partial charge in [0.25, 0.3) is 0 Å². The van der Waals surface area contributed by atoms with Gasteiger partial charge < -0.3 is 4.74 Å². The van der Waals surface area contributed by atoms with E-state index in [0.717, 1.165) is 6.08 Å². The van der Waals surface area contributed by atoms with Gasteiger partial charge in [0.05, 0.1) is 0 Å². The maximum absolute atomic E-state index is 10.5. The van der Waals surface area contributed by atoms with Crippen molar-refractivity contribution in [3.63, 3.8) is 0 Å². The molecule has 0 fully saturated rings. The highest BCUT2D eigenvalue weighted by molar-refractivity contribution is 6.17. The molecule has 0 aliphatic heterocycles. The zero-order chi connectivity index (χ0) is 7.98. The maximum atomic E-state index is 10.5. The molecule has 0 bridgehead atoms. The van der Waals surface area contributed by atoms with Gasteiger partial charge in [-0.15, -0.1) is 11.6 Å². The number of hydrogen-bond acceptors (Lipinski definition) is 2. The number of halogens is 1. The summed E-state index contributed by atoms with van der Waals surface area (Å²) in [5.41, 5.74) is 0. The average molecular weight is 195 g/mol. The molecule has 0 aromatic carbocycles. The van der Waals surface area contributed by atoms with Gasteiger partial charge >= 0.3 is 5.97 Å². The van der Waals surface area contributed by atoms with E-state index < -0.39 is 5.97 Å². The van der Waals surface area contributed by atoms with Crippen LogP contribution < -0.4 is 0 Å². The Morgan fingerprint density at radius 2 is 2.36 bits per heavy atom. The summed E-state index contributed by atoms with van der Waals surface area (Å²) in [5, 5.41) is 0. The summed E-state index contributed by atoms with van der Waals surface area (Å²) in [4.78, 5) is 10.5. The summed E-state index contributed by atoms with van der Waals surface area (Å²) in [6.07, 6.45) is 1.72. The van der Waals surface area contributed by atoms with Gasteiger partial charge in [-0.3, -0.25) is 0 Å². The van der Waals surface area contributed by atoms with Crippen LogP contribution in [0.2, 0.25) is 0 Å². The maximum Gasteiger partial charge on any atom is 0.330 e. The number of rotatable bonds is 4. The Bertz CT molecular complexity index is 128. The van der Waals surface area contributed by atoms with Crippen molar-refractivity contribution in [3.05, 3.63) is 12.7 Å². The molecule has 0 N–H and O–H groups in total. The smallest absolute Gasteiger partial charge is 0.330 e. The monoisotopic (exact) mass is 194 g/mol. The molecule has 0 aromatic rings. The second kappa shape index (κ2) is 7.82. The molecule has 2 nitrogen and oxygen atoms in total. The lowest BCUT2D eigenvalue weighted by atomic mass is 10.3. The Hall–Kier alpha value is -0.283. The molecule has 66 valence electrons. The Morgan fingerprint density at radius 3 is 2.73 bits per heavy atom. The van der Waals surface area contributed by atoms with Gasteiger partial charge in [0.1, 0.15) is 6.10 Å². The van der Waals surface area contributed by atoms with Gasteiger partial charge in [0.15, 0.2) is 0 Å². The van der Waals surface area contributed by atoms with Gasteiger partial charge in [0, 0.05) is 12.0 Å². The molecule has 1 unspecified atom stereocenters. The topological polar surface area (TPSA) is 26.3 Å². The molecule has 0 aromatic heterocycles. The highest BCUT2D eigenvalue weighted by atomic mass is 35.5. The molecule has 0 saturated heterocycles. The third-order valence-corrected chi connectivity index (χ3v) is 1.22. The SMILES string of the molecule is C=CC(=O)OC(C)CCCl.[SiH4]. The minimum atomic E-state index is -0.391. The lowest BCUT2D eigenvalue weighted by Crippen LogP contribution is -2.12. The van der Waals surface area contributed by atoms with E-state index in [-0.39, 0.29) is 17.1 Å². The molecule has 0 spiro atoms. The molecule has 0 amide bonds. The van der Waals surface area contributed by atoms with Gasteiger partial charge in [-0.05, 0) is 24.3 Å². The van der Waals surface area contributed by atoms with E-state index in [9.17, 15) is 4.79 Å². The second-order valence-corrected chi connectivity index (χ2v) is 2.31.